The van der Waals surface area contributed by atoms with Crippen LogP contribution in [-0.2, 0) is 9.59 Å². The van der Waals surface area contributed by atoms with Gasteiger partial charge in [-0.05, 0) is 44.4 Å². The van der Waals surface area contributed by atoms with Crippen LogP contribution in [0.3, 0.4) is 0 Å². The molecule has 0 spiro atoms. The zero-order chi connectivity index (χ0) is 22.8. The van der Waals surface area contributed by atoms with E-state index in [1.807, 2.05) is 5.48 Å². The molecule has 1 fully saturated rings. The van der Waals surface area contributed by atoms with E-state index in [4.69, 9.17) is 0 Å². The maximum Gasteiger partial charge on any atom is 0.312 e. The van der Waals surface area contributed by atoms with Crippen LogP contribution in [0.1, 0.15) is 5.69 Å². The van der Waals surface area contributed by atoms with E-state index < -0.39 is 23.3 Å². The number of carbonyl (C=O) groups excluding carboxylic acids is 2. The highest BCUT2D eigenvalue weighted by Crippen LogP contribution is 2.27. The predicted octanol–water partition coefficient (Wildman–Crippen LogP) is 1.08. The summed E-state index contributed by atoms with van der Waals surface area (Å²) >= 11 is 3.03. The predicted molar refractivity (Wildman–Crippen MR) is 107 cm³/mol. The Balaban J connectivity index is 1.67. The van der Waals surface area contributed by atoms with Crippen molar-refractivity contribution in [3.05, 3.63) is 34.2 Å². The summed E-state index contributed by atoms with van der Waals surface area (Å²) in [5, 5.41) is 19.4. The zero-order valence-corrected chi connectivity index (χ0v) is 18.0. The Hall–Kier alpha value is -3.13. The van der Waals surface area contributed by atoms with Crippen LogP contribution in [0, 0.1) is 5.82 Å². The molecule has 0 unspecified atom stereocenters. The van der Waals surface area contributed by atoms with Crippen molar-refractivity contribution in [2.45, 2.75) is 5.67 Å². The number of benzene rings is 1. The van der Waals surface area contributed by atoms with Crippen molar-refractivity contribution in [1.82, 2.24) is 25.6 Å². The number of hydrogen-bond acceptors (Lipinski definition) is 8. The molecular formula is C17H18BrF2N7O4. The molecule has 0 aliphatic carbocycles. The molecule has 166 valence electrons. The van der Waals surface area contributed by atoms with Gasteiger partial charge >= 0.3 is 11.8 Å². The van der Waals surface area contributed by atoms with E-state index in [2.05, 4.69) is 41.2 Å². The third-order valence-electron chi connectivity index (χ3n) is 4.36. The van der Waals surface area contributed by atoms with Crippen molar-refractivity contribution in [3.8, 4) is 0 Å². The second-order valence-electron chi connectivity index (χ2n) is 7.00. The van der Waals surface area contributed by atoms with Crippen molar-refractivity contribution in [3.63, 3.8) is 0 Å². The van der Waals surface area contributed by atoms with Crippen molar-refractivity contribution >= 4 is 45.1 Å². The van der Waals surface area contributed by atoms with Gasteiger partial charge in [-0.1, -0.05) is 0 Å². The van der Waals surface area contributed by atoms with Crippen LogP contribution in [0.2, 0.25) is 0 Å². The van der Waals surface area contributed by atoms with E-state index in [0.29, 0.717) is 0 Å². The van der Waals surface area contributed by atoms with Gasteiger partial charge < -0.3 is 15.1 Å². The molecule has 0 atom stereocenters. The summed E-state index contributed by atoms with van der Waals surface area (Å²) < 4.78 is 33.0. The van der Waals surface area contributed by atoms with Gasteiger partial charge in [-0.3, -0.25) is 20.3 Å². The quantitative estimate of drug-likeness (QED) is 0.239. The van der Waals surface area contributed by atoms with Gasteiger partial charge in [-0.25, -0.2) is 18.4 Å². The number of anilines is 1. The first-order valence-electron chi connectivity index (χ1n) is 8.83. The maximum absolute atomic E-state index is 14.8. The first-order valence-corrected chi connectivity index (χ1v) is 9.63. The summed E-state index contributed by atoms with van der Waals surface area (Å²) in [6, 6.07) is 3.91. The molecule has 3 rings (SSSR count). The molecule has 3 N–H and O–H groups in total. The molecule has 2 amide bonds. The minimum absolute atomic E-state index is 0.0207. The first kappa shape index (κ1) is 22.6. The molecule has 14 heteroatoms. The number of hydroxylamine groups is 1. The Morgan fingerprint density at radius 3 is 2.71 bits per heavy atom. The fourth-order valence-corrected chi connectivity index (χ4v) is 3.10. The number of rotatable bonds is 5. The largest absolute Gasteiger partial charge is 0.362 e. The molecule has 1 saturated heterocycles. The third kappa shape index (κ3) is 4.96. The molecule has 11 nitrogen and oxygen atoms in total. The number of nitrogens with one attached hydrogen (secondary N) is 2. The monoisotopic (exact) mass is 501 g/mol. The average molecular weight is 502 g/mol. The lowest BCUT2D eigenvalue weighted by atomic mass is 9.96. The van der Waals surface area contributed by atoms with Crippen molar-refractivity contribution in [2.24, 2.45) is 4.99 Å². The molecular weight excluding hydrogens is 484 g/mol. The van der Waals surface area contributed by atoms with Gasteiger partial charge in [0, 0.05) is 14.1 Å². The minimum atomic E-state index is -1.80. The maximum atomic E-state index is 14.8. The van der Waals surface area contributed by atoms with Gasteiger partial charge in [0.15, 0.2) is 17.2 Å². The number of hydrogen-bond donors (Lipinski definition) is 3. The highest BCUT2D eigenvalue weighted by atomic mass is 79.9. The van der Waals surface area contributed by atoms with Crippen molar-refractivity contribution in [1.29, 1.82) is 0 Å². The Labute approximate surface area is 183 Å². The molecule has 1 aliphatic heterocycles. The van der Waals surface area contributed by atoms with E-state index in [1.165, 1.54) is 32.3 Å². The smallest absolute Gasteiger partial charge is 0.312 e. The summed E-state index contributed by atoms with van der Waals surface area (Å²) in [7, 11) is 2.87. The number of aliphatic imine (C=N–C) groups is 1. The van der Waals surface area contributed by atoms with E-state index >= 15 is 0 Å². The number of amidine groups is 1. The molecule has 2 heterocycles. The summed E-state index contributed by atoms with van der Waals surface area (Å²) in [6.07, 6.45) is 0. The van der Waals surface area contributed by atoms with Gasteiger partial charge in [0.1, 0.15) is 5.82 Å². The summed E-state index contributed by atoms with van der Waals surface area (Å²) in [6.45, 7) is -0.821. The summed E-state index contributed by atoms with van der Waals surface area (Å²) in [5.74, 6) is -2.21. The van der Waals surface area contributed by atoms with Crippen LogP contribution in [0.4, 0.5) is 20.3 Å². The molecule has 1 aromatic heterocycles. The minimum Gasteiger partial charge on any atom is -0.362 e. The van der Waals surface area contributed by atoms with Crippen LogP contribution < -0.4 is 10.8 Å². The highest BCUT2D eigenvalue weighted by Gasteiger charge is 2.47. The van der Waals surface area contributed by atoms with Gasteiger partial charge in [0.25, 0.3) is 0 Å². The van der Waals surface area contributed by atoms with Gasteiger partial charge in [0.2, 0.25) is 5.82 Å². The fourth-order valence-electron chi connectivity index (χ4n) is 2.74. The number of nitrogens with zero attached hydrogens (tertiary/aromatic N) is 5. The van der Waals surface area contributed by atoms with E-state index in [1.54, 1.807) is 0 Å². The topological polar surface area (TPSA) is 136 Å². The summed E-state index contributed by atoms with van der Waals surface area (Å²) in [4.78, 5) is 29.9. The van der Waals surface area contributed by atoms with E-state index in [9.17, 15) is 23.6 Å². The lowest BCUT2D eigenvalue weighted by Crippen LogP contribution is -2.65. The number of alkyl halides is 1. The second-order valence-corrected chi connectivity index (χ2v) is 7.85. The van der Waals surface area contributed by atoms with Crippen molar-refractivity contribution < 1.29 is 28.2 Å². The van der Waals surface area contributed by atoms with E-state index in [-0.39, 0.29) is 47.1 Å². The van der Waals surface area contributed by atoms with Gasteiger partial charge in [-0.2, -0.15) is 0 Å². The SMILES string of the molecule is CN(C)C(=O)C(=O)N1CC(F)(CNc2nonc2C(=Nc2ccc(F)c(Br)c2)NO)C1. The molecule has 2 aromatic rings. The molecule has 1 aliphatic rings. The van der Waals surface area contributed by atoms with Gasteiger partial charge in [-0.15, -0.1) is 0 Å². The van der Waals surface area contributed by atoms with E-state index in [0.717, 1.165) is 9.80 Å². The number of likely N-dealkylation sites (N-methyl/N-ethyl adjacent to an activating group) is 1. The number of halogens is 3. The lowest BCUT2D eigenvalue weighted by Gasteiger charge is -2.44. The molecule has 31 heavy (non-hydrogen) atoms. The molecule has 0 bridgehead atoms. The third-order valence-corrected chi connectivity index (χ3v) is 4.97. The zero-order valence-electron chi connectivity index (χ0n) is 16.4. The standard InChI is InChI=1S/C17H18BrF2N7O4/c1-26(2)15(28)16(29)27-7-17(20,8-27)6-21-13-12(24-31-25-13)14(23-30)22-9-3-4-11(19)10(18)5-9/h3-5,30H,6-8H2,1-2H3,(H,21,25)(H,22,23). The number of likely N-dealkylation sites (tertiary alicyclic amines) is 1. The van der Waals surface area contributed by atoms with Crippen LogP contribution in [0.5, 0.6) is 0 Å². The number of carbonyl (C=O) groups is 2. The Morgan fingerprint density at radius 2 is 2.10 bits per heavy atom. The number of amides is 2. The van der Waals surface area contributed by atoms with Crippen LogP contribution in [0.25, 0.3) is 0 Å². The first-order chi connectivity index (χ1) is 14.6. The second kappa shape index (κ2) is 8.93. The summed E-state index contributed by atoms with van der Waals surface area (Å²) in [5.41, 5.74) is 0.269. The Morgan fingerprint density at radius 1 is 1.39 bits per heavy atom. The lowest BCUT2D eigenvalue weighted by molar-refractivity contribution is -0.158. The Kier molecular flexibility index (Phi) is 6.50. The van der Waals surface area contributed by atoms with Crippen LogP contribution in [0.15, 0.2) is 32.3 Å². The van der Waals surface area contributed by atoms with Crippen LogP contribution in [-0.4, -0.2) is 82.4 Å². The van der Waals surface area contributed by atoms with Gasteiger partial charge in [0.05, 0.1) is 29.8 Å². The van der Waals surface area contributed by atoms with Crippen molar-refractivity contribution in [2.75, 3.05) is 39.0 Å². The normalized spacial score (nSPS) is 15.3. The Bertz CT molecular complexity index is 1020. The molecule has 1 aromatic carbocycles. The molecule has 0 radical (unpaired) electrons. The fraction of sp³-hybridized carbons (Fsp3) is 0.353. The highest BCUT2D eigenvalue weighted by molar-refractivity contribution is 9.10. The average Bonchev–Trinajstić information content (AvgIpc) is 3.18. The number of aromatic nitrogens is 2. The van der Waals surface area contributed by atoms with Crippen LogP contribution >= 0.6 is 15.9 Å². The molecule has 0 saturated carbocycles.